The molecule has 7 nitrogen and oxygen atoms in total. The zero-order valence-electron chi connectivity index (χ0n) is 21.4. The van der Waals surface area contributed by atoms with Crippen LogP contribution in [0.5, 0.6) is 11.5 Å². The summed E-state index contributed by atoms with van der Waals surface area (Å²) in [7, 11) is 0. The van der Waals surface area contributed by atoms with Crippen molar-refractivity contribution >= 4 is 40.7 Å². The van der Waals surface area contributed by atoms with Crippen LogP contribution in [0.25, 0.3) is 0 Å². The van der Waals surface area contributed by atoms with E-state index in [2.05, 4.69) is 0 Å². The summed E-state index contributed by atoms with van der Waals surface area (Å²) >= 11 is 6.03. The fraction of sp³-hybridized carbons (Fsp3) is 0.290. The summed E-state index contributed by atoms with van der Waals surface area (Å²) in [6, 6.07) is 11.5. The number of ether oxygens (including phenoxy) is 1. The average molecular weight is 544 g/mol. The predicted molar refractivity (Wildman–Crippen MR) is 145 cm³/mol. The first kappa shape index (κ1) is 25.3. The maximum absolute atomic E-state index is 13.9. The Bertz CT molecular complexity index is 1550. The van der Waals surface area contributed by atoms with Crippen LogP contribution in [-0.4, -0.2) is 35.1 Å². The zero-order chi connectivity index (χ0) is 27.6. The topological polar surface area (TPSA) is 101 Å². The summed E-state index contributed by atoms with van der Waals surface area (Å²) < 4.78 is 5.62. The third-order valence-electron chi connectivity index (χ3n) is 8.27. The molecule has 6 rings (SSSR count). The van der Waals surface area contributed by atoms with Gasteiger partial charge in [0.1, 0.15) is 0 Å². The van der Waals surface area contributed by atoms with Crippen LogP contribution in [-0.2, 0) is 19.2 Å². The van der Waals surface area contributed by atoms with Crippen molar-refractivity contribution in [1.29, 1.82) is 0 Å². The number of halogens is 1. The molecule has 1 aliphatic heterocycles. The van der Waals surface area contributed by atoms with Gasteiger partial charge in [-0.25, -0.2) is 0 Å². The molecule has 1 heterocycles. The summed E-state index contributed by atoms with van der Waals surface area (Å²) in [5.74, 6) is -3.06. The monoisotopic (exact) mass is 543 g/mol. The van der Waals surface area contributed by atoms with E-state index in [4.69, 9.17) is 16.3 Å². The molecule has 4 atom stereocenters. The molecule has 4 unspecified atom stereocenters. The van der Waals surface area contributed by atoms with Crippen molar-refractivity contribution < 1.29 is 29.0 Å². The van der Waals surface area contributed by atoms with E-state index >= 15 is 0 Å². The van der Waals surface area contributed by atoms with Gasteiger partial charge in [-0.05, 0) is 80.6 Å². The van der Waals surface area contributed by atoms with Gasteiger partial charge in [-0.15, -0.1) is 0 Å². The van der Waals surface area contributed by atoms with Crippen LogP contribution in [0.4, 0.5) is 5.69 Å². The molecule has 0 radical (unpaired) electrons. The molecular weight excluding hydrogens is 518 g/mol. The molecule has 0 aromatic heterocycles. The first-order chi connectivity index (χ1) is 18.7. The molecular formula is C31H26ClNO6. The Morgan fingerprint density at radius 3 is 2.49 bits per heavy atom. The fourth-order valence-electron chi connectivity index (χ4n) is 6.57. The fourth-order valence-corrected chi connectivity index (χ4v) is 6.69. The number of anilines is 1. The number of fused-ring (bicyclic) bond motifs is 3. The number of phenolic OH excluding ortho intramolecular Hbond substituents is 1. The number of carbonyl (C=O) groups excluding carboxylic acids is 4. The number of phenols is 1. The van der Waals surface area contributed by atoms with Gasteiger partial charge in [0, 0.05) is 27.7 Å². The van der Waals surface area contributed by atoms with Crippen molar-refractivity contribution in [3.63, 3.8) is 0 Å². The van der Waals surface area contributed by atoms with Gasteiger partial charge in [-0.3, -0.25) is 24.1 Å². The molecule has 3 aliphatic carbocycles. The number of ketones is 2. The highest BCUT2D eigenvalue weighted by Gasteiger charge is 2.56. The van der Waals surface area contributed by atoms with Crippen molar-refractivity contribution in [2.45, 2.75) is 32.6 Å². The summed E-state index contributed by atoms with van der Waals surface area (Å²) in [5, 5.41) is 10.8. The number of amides is 2. The second-order valence-electron chi connectivity index (χ2n) is 10.4. The van der Waals surface area contributed by atoms with Crippen LogP contribution in [0.1, 0.15) is 38.2 Å². The molecule has 1 fully saturated rings. The molecule has 1 saturated heterocycles. The lowest BCUT2D eigenvalue weighted by Crippen LogP contribution is -2.39. The molecule has 2 aromatic carbocycles. The molecule has 0 spiro atoms. The van der Waals surface area contributed by atoms with Gasteiger partial charge in [0.2, 0.25) is 11.8 Å². The number of imide groups is 1. The Kier molecular flexibility index (Phi) is 6.07. The number of Topliss-reactive ketones (excluding diaryl/α,β-unsaturated/α-hetero) is 1. The minimum absolute atomic E-state index is 0.0304. The minimum Gasteiger partial charge on any atom is -0.504 e. The molecule has 1 N–H and O–H groups in total. The van der Waals surface area contributed by atoms with Crippen LogP contribution < -0.4 is 9.64 Å². The SMILES string of the molecule is CCOc1cc(C2C3=CCC4C(=O)N(c5ccc(Cl)cc5)C(=O)C4C3CC3=C2C(=O)C(C)=CC3=O)ccc1O. The van der Waals surface area contributed by atoms with Crippen molar-refractivity contribution in [2.75, 3.05) is 11.5 Å². The van der Waals surface area contributed by atoms with E-state index in [-0.39, 0.29) is 41.3 Å². The van der Waals surface area contributed by atoms with Gasteiger partial charge in [-0.2, -0.15) is 0 Å². The minimum atomic E-state index is -0.664. The van der Waals surface area contributed by atoms with Gasteiger partial charge in [0.15, 0.2) is 23.1 Å². The first-order valence-corrected chi connectivity index (χ1v) is 13.4. The number of allylic oxidation sites excluding steroid dienone is 6. The molecule has 0 saturated carbocycles. The third kappa shape index (κ3) is 3.87. The van der Waals surface area contributed by atoms with Crippen LogP contribution in [0.15, 0.2) is 76.9 Å². The van der Waals surface area contributed by atoms with Crippen molar-refractivity contribution in [3.8, 4) is 11.5 Å². The molecule has 2 amide bonds. The predicted octanol–water partition coefficient (Wildman–Crippen LogP) is 5.08. The normalized spacial score (nSPS) is 26.2. The number of carbonyl (C=O) groups is 4. The molecule has 2 aromatic rings. The summed E-state index contributed by atoms with van der Waals surface area (Å²) in [4.78, 5) is 55.4. The molecule has 8 heteroatoms. The van der Waals surface area contributed by atoms with Crippen LogP contribution in [0.3, 0.4) is 0 Å². The zero-order valence-corrected chi connectivity index (χ0v) is 22.2. The molecule has 4 aliphatic rings. The van der Waals surface area contributed by atoms with Gasteiger partial charge in [0.25, 0.3) is 0 Å². The van der Waals surface area contributed by atoms with E-state index in [0.29, 0.717) is 46.0 Å². The number of hydrogen-bond acceptors (Lipinski definition) is 6. The van der Waals surface area contributed by atoms with E-state index in [1.165, 1.54) is 17.0 Å². The number of hydrogen-bond donors (Lipinski definition) is 1. The second-order valence-corrected chi connectivity index (χ2v) is 10.8. The number of aromatic hydroxyl groups is 1. The maximum Gasteiger partial charge on any atom is 0.238 e. The smallest absolute Gasteiger partial charge is 0.238 e. The summed E-state index contributed by atoms with van der Waals surface area (Å²) in [5.41, 5.74) is 3.13. The summed E-state index contributed by atoms with van der Waals surface area (Å²) in [6.07, 6.45) is 3.88. The molecule has 39 heavy (non-hydrogen) atoms. The highest BCUT2D eigenvalue weighted by molar-refractivity contribution is 6.31. The Morgan fingerprint density at radius 2 is 1.77 bits per heavy atom. The number of benzene rings is 2. The second kappa shape index (κ2) is 9.35. The van der Waals surface area contributed by atoms with Crippen LogP contribution in [0.2, 0.25) is 5.02 Å². The van der Waals surface area contributed by atoms with Gasteiger partial charge < -0.3 is 9.84 Å². The lowest BCUT2D eigenvalue weighted by molar-refractivity contribution is -0.123. The third-order valence-corrected chi connectivity index (χ3v) is 8.52. The Hall–Kier alpha value is -3.97. The largest absolute Gasteiger partial charge is 0.504 e. The Balaban J connectivity index is 1.48. The first-order valence-electron chi connectivity index (χ1n) is 13.0. The quantitative estimate of drug-likeness (QED) is 0.328. The summed E-state index contributed by atoms with van der Waals surface area (Å²) in [6.45, 7) is 3.77. The van der Waals surface area contributed by atoms with Crippen LogP contribution >= 0.6 is 11.6 Å². The van der Waals surface area contributed by atoms with Crippen molar-refractivity contribution in [2.24, 2.45) is 17.8 Å². The Morgan fingerprint density at radius 1 is 1.03 bits per heavy atom. The highest BCUT2D eigenvalue weighted by atomic mass is 35.5. The van der Waals surface area contributed by atoms with Gasteiger partial charge in [0.05, 0.1) is 24.1 Å². The van der Waals surface area contributed by atoms with Crippen molar-refractivity contribution in [1.82, 2.24) is 0 Å². The highest BCUT2D eigenvalue weighted by Crippen LogP contribution is 2.55. The van der Waals surface area contributed by atoms with Gasteiger partial charge >= 0.3 is 0 Å². The van der Waals surface area contributed by atoms with Gasteiger partial charge in [-0.1, -0.05) is 29.3 Å². The lowest BCUT2D eigenvalue weighted by atomic mass is 9.59. The van der Waals surface area contributed by atoms with E-state index in [9.17, 15) is 24.3 Å². The molecule has 198 valence electrons. The van der Waals surface area contributed by atoms with E-state index in [0.717, 1.165) is 5.57 Å². The number of nitrogens with zero attached hydrogens (tertiary/aromatic N) is 1. The number of rotatable bonds is 4. The Labute approximate surface area is 230 Å². The van der Waals surface area contributed by atoms with E-state index < -0.39 is 23.7 Å². The standard InChI is InChI=1S/C31H26ClNO6/c1-3-39-25-13-16(4-11-23(25)34)26-19-9-10-20-27(21(19)14-22-24(35)12-15(2)29(36)28(22)26)31(38)33(30(20)37)18-7-5-17(32)6-8-18/h4-9,11-13,20-21,26-27,34H,3,10,14H2,1-2H3. The maximum atomic E-state index is 13.9. The molecule has 0 bridgehead atoms. The van der Waals surface area contributed by atoms with E-state index in [1.54, 1.807) is 50.2 Å². The lowest BCUT2D eigenvalue weighted by Gasteiger charge is -2.42. The van der Waals surface area contributed by atoms with Crippen molar-refractivity contribution in [3.05, 3.63) is 87.5 Å². The van der Waals surface area contributed by atoms with Crippen LogP contribution in [0, 0.1) is 17.8 Å². The average Bonchev–Trinajstić information content (AvgIpc) is 3.18. The van der Waals surface area contributed by atoms with E-state index in [1.807, 2.05) is 6.08 Å².